The fourth-order valence-corrected chi connectivity index (χ4v) is 1.25. The molecule has 11 heavy (non-hydrogen) atoms. The zero-order chi connectivity index (χ0) is 8.27. The molecule has 0 unspecified atom stereocenters. The highest BCUT2D eigenvalue weighted by Gasteiger charge is 2.23. The Kier molecular flexibility index (Phi) is 2.88. The van der Waals surface area contributed by atoms with Crippen molar-refractivity contribution in [1.29, 1.82) is 0 Å². The SMILES string of the molecule is CCC(=O)OCC1CN(C)C1. The lowest BCUT2D eigenvalue weighted by Gasteiger charge is -2.35. The summed E-state index contributed by atoms with van der Waals surface area (Å²) in [6, 6.07) is 0. The Morgan fingerprint density at radius 2 is 2.27 bits per heavy atom. The van der Waals surface area contributed by atoms with E-state index in [0.29, 0.717) is 18.9 Å². The highest BCUT2D eigenvalue weighted by Crippen LogP contribution is 2.12. The molecule has 0 spiro atoms. The quantitative estimate of drug-likeness (QED) is 0.559. The molecular formula is C8H15NO2. The summed E-state index contributed by atoms with van der Waals surface area (Å²) < 4.78 is 4.98. The van der Waals surface area contributed by atoms with E-state index in [1.54, 1.807) is 0 Å². The van der Waals surface area contributed by atoms with Gasteiger partial charge < -0.3 is 9.64 Å². The molecule has 64 valence electrons. The predicted molar refractivity (Wildman–Crippen MR) is 42.2 cm³/mol. The van der Waals surface area contributed by atoms with Crippen LogP contribution in [0, 0.1) is 5.92 Å². The average Bonchev–Trinajstić information content (AvgIpc) is 1.95. The van der Waals surface area contributed by atoms with Crippen LogP contribution >= 0.6 is 0 Å². The summed E-state index contributed by atoms with van der Waals surface area (Å²) in [6.07, 6.45) is 0.489. The van der Waals surface area contributed by atoms with Gasteiger partial charge in [-0.2, -0.15) is 0 Å². The molecule has 1 rings (SSSR count). The lowest BCUT2D eigenvalue weighted by atomic mass is 10.0. The van der Waals surface area contributed by atoms with Gasteiger partial charge in [0.15, 0.2) is 0 Å². The molecule has 0 aliphatic carbocycles. The molecule has 1 fully saturated rings. The monoisotopic (exact) mass is 157 g/mol. The fraction of sp³-hybridized carbons (Fsp3) is 0.875. The van der Waals surface area contributed by atoms with Crippen molar-refractivity contribution in [1.82, 2.24) is 4.90 Å². The maximum atomic E-state index is 10.7. The van der Waals surface area contributed by atoms with E-state index in [-0.39, 0.29) is 5.97 Å². The van der Waals surface area contributed by atoms with E-state index < -0.39 is 0 Å². The van der Waals surface area contributed by atoms with Crippen LogP contribution in [0.5, 0.6) is 0 Å². The van der Waals surface area contributed by atoms with Crippen molar-refractivity contribution in [2.75, 3.05) is 26.7 Å². The van der Waals surface area contributed by atoms with E-state index in [1.807, 2.05) is 6.92 Å². The van der Waals surface area contributed by atoms with Crippen LogP contribution in [0.15, 0.2) is 0 Å². The van der Waals surface area contributed by atoms with Crippen LogP contribution in [0.1, 0.15) is 13.3 Å². The van der Waals surface area contributed by atoms with Gasteiger partial charge in [-0.1, -0.05) is 6.92 Å². The molecule has 3 nitrogen and oxygen atoms in total. The molecule has 0 aromatic rings. The van der Waals surface area contributed by atoms with Crippen molar-refractivity contribution in [3.8, 4) is 0 Å². The first kappa shape index (κ1) is 8.53. The number of hydrogen-bond acceptors (Lipinski definition) is 3. The van der Waals surface area contributed by atoms with Gasteiger partial charge in [0.25, 0.3) is 0 Å². The molecule has 1 heterocycles. The topological polar surface area (TPSA) is 29.5 Å². The lowest BCUT2D eigenvalue weighted by Crippen LogP contribution is -2.46. The Bertz CT molecular complexity index is 141. The molecule has 0 bridgehead atoms. The highest BCUT2D eigenvalue weighted by atomic mass is 16.5. The van der Waals surface area contributed by atoms with Crippen LogP contribution in [0.25, 0.3) is 0 Å². The van der Waals surface area contributed by atoms with Crippen LogP contribution < -0.4 is 0 Å². The first-order chi connectivity index (χ1) is 5.22. The second-order valence-corrected chi connectivity index (χ2v) is 3.12. The van der Waals surface area contributed by atoms with Gasteiger partial charge in [0.2, 0.25) is 0 Å². The summed E-state index contributed by atoms with van der Waals surface area (Å²) in [6.45, 7) is 4.56. The maximum Gasteiger partial charge on any atom is 0.305 e. The Hall–Kier alpha value is -0.570. The molecule has 3 heteroatoms. The number of hydrogen-bond donors (Lipinski definition) is 0. The molecule has 1 aliphatic heterocycles. The summed E-state index contributed by atoms with van der Waals surface area (Å²) in [7, 11) is 2.07. The molecule has 1 saturated heterocycles. The van der Waals surface area contributed by atoms with Crippen molar-refractivity contribution in [3.63, 3.8) is 0 Å². The third-order valence-electron chi connectivity index (χ3n) is 1.91. The minimum atomic E-state index is -0.0837. The van der Waals surface area contributed by atoms with Crippen LogP contribution in [0.4, 0.5) is 0 Å². The lowest BCUT2D eigenvalue weighted by molar-refractivity contribution is -0.146. The van der Waals surface area contributed by atoms with E-state index in [2.05, 4.69) is 11.9 Å². The first-order valence-electron chi connectivity index (χ1n) is 4.06. The molecule has 0 aromatic heterocycles. The van der Waals surface area contributed by atoms with Crippen LogP contribution in [-0.2, 0) is 9.53 Å². The van der Waals surface area contributed by atoms with Gasteiger partial charge in [0.1, 0.15) is 0 Å². The number of esters is 1. The Balaban J connectivity index is 2.00. The largest absolute Gasteiger partial charge is 0.465 e. The Morgan fingerprint density at radius 1 is 1.64 bits per heavy atom. The normalized spacial score (nSPS) is 19.5. The van der Waals surface area contributed by atoms with Crippen LogP contribution in [-0.4, -0.2) is 37.6 Å². The van der Waals surface area contributed by atoms with Gasteiger partial charge in [-0.25, -0.2) is 0 Å². The zero-order valence-corrected chi connectivity index (χ0v) is 7.17. The molecule has 0 atom stereocenters. The van der Waals surface area contributed by atoms with Gasteiger partial charge >= 0.3 is 5.97 Å². The first-order valence-corrected chi connectivity index (χ1v) is 4.06. The third kappa shape index (κ3) is 2.50. The fourth-order valence-electron chi connectivity index (χ4n) is 1.25. The molecule has 0 saturated carbocycles. The molecule has 0 N–H and O–H groups in total. The molecule has 0 amide bonds. The summed E-state index contributed by atoms with van der Waals surface area (Å²) >= 11 is 0. The van der Waals surface area contributed by atoms with Crippen molar-refractivity contribution in [3.05, 3.63) is 0 Å². The second-order valence-electron chi connectivity index (χ2n) is 3.12. The minimum absolute atomic E-state index is 0.0837. The van der Waals surface area contributed by atoms with Crippen LogP contribution in [0.3, 0.4) is 0 Å². The summed E-state index contributed by atoms with van der Waals surface area (Å²) in [5.41, 5.74) is 0. The zero-order valence-electron chi connectivity index (χ0n) is 7.17. The molecular weight excluding hydrogens is 142 g/mol. The molecule has 1 aliphatic rings. The van der Waals surface area contributed by atoms with E-state index in [0.717, 1.165) is 13.1 Å². The Morgan fingerprint density at radius 3 is 2.73 bits per heavy atom. The highest BCUT2D eigenvalue weighted by molar-refractivity contribution is 5.68. The number of carbonyl (C=O) groups excluding carboxylic acids is 1. The average molecular weight is 157 g/mol. The van der Waals surface area contributed by atoms with Crippen molar-refractivity contribution < 1.29 is 9.53 Å². The molecule has 0 aromatic carbocycles. The second kappa shape index (κ2) is 3.72. The number of rotatable bonds is 3. The Labute approximate surface area is 67.3 Å². The summed E-state index contributed by atoms with van der Waals surface area (Å²) in [5, 5.41) is 0. The maximum absolute atomic E-state index is 10.7. The van der Waals surface area contributed by atoms with Gasteiger partial charge in [-0.3, -0.25) is 4.79 Å². The van der Waals surface area contributed by atoms with E-state index in [4.69, 9.17) is 4.74 Å². The summed E-state index contributed by atoms with van der Waals surface area (Å²) in [5.74, 6) is 0.495. The van der Waals surface area contributed by atoms with Gasteiger partial charge in [-0.05, 0) is 7.05 Å². The smallest absolute Gasteiger partial charge is 0.305 e. The van der Waals surface area contributed by atoms with Gasteiger partial charge in [-0.15, -0.1) is 0 Å². The number of carbonyl (C=O) groups is 1. The number of likely N-dealkylation sites (tertiary alicyclic amines) is 1. The minimum Gasteiger partial charge on any atom is -0.465 e. The van der Waals surface area contributed by atoms with E-state index >= 15 is 0 Å². The van der Waals surface area contributed by atoms with Crippen molar-refractivity contribution in [2.24, 2.45) is 5.92 Å². The number of nitrogens with zero attached hydrogens (tertiary/aromatic N) is 1. The van der Waals surface area contributed by atoms with Crippen LogP contribution in [0.2, 0.25) is 0 Å². The summed E-state index contributed by atoms with van der Waals surface area (Å²) in [4.78, 5) is 12.9. The van der Waals surface area contributed by atoms with Crippen molar-refractivity contribution >= 4 is 5.97 Å². The predicted octanol–water partition coefficient (Wildman–Crippen LogP) is 0.501. The molecule has 0 radical (unpaired) electrons. The van der Waals surface area contributed by atoms with Gasteiger partial charge in [0, 0.05) is 25.4 Å². The van der Waals surface area contributed by atoms with E-state index in [9.17, 15) is 4.79 Å². The van der Waals surface area contributed by atoms with Crippen molar-refractivity contribution in [2.45, 2.75) is 13.3 Å². The number of ether oxygens (including phenoxy) is 1. The third-order valence-corrected chi connectivity index (χ3v) is 1.91. The van der Waals surface area contributed by atoms with Gasteiger partial charge in [0.05, 0.1) is 6.61 Å². The van der Waals surface area contributed by atoms with E-state index in [1.165, 1.54) is 0 Å². The standard InChI is InChI=1S/C8H15NO2/c1-3-8(10)11-6-7-4-9(2)5-7/h7H,3-6H2,1-2H3.